The molecule has 1 heterocycles. The first kappa shape index (κ1) is 20.1. The molecule has 0 atom stereocenters. The molecule has 148 valence electrons. The van der Waals surface area contributed by atoms with Crippen LogP contribution in [0.4, 0.5) is 11.5 Å². The number of aryl methyl sites for hydroxylation is 1. The fraction of sp³-hybridized carbons (Fsp3) is 0.174. The standard InChI is InChI=1S/C23H23N3O3/c1-3-29-23(28)18-8-11-20(12-9-18)26-21-13-10-19(15-24-21)22(27)25-14-17-6-4-16(2)5-7-17/h4-13,15H,3,14H2,1-2H3,(H,24,26)(H,25,27). The highest BCUT2D eigenvalue weighted by Gasteiger charge is 2.08. The van der Waals surface area contributed by atoms with Crippen LogP contribution < -0.4 is 10.6 Å². The molecule has 0 unspecified atom stereocenters. The maximum absolute atomic E-state index is 12.3. The number of hydrogen-bond acceptors (Lipinski definition) is 5. The zero-order chi connectivity index (χ0) is 20.6. The summed E-state index contributed by atoms with van der Waals surface area (Å²) in [4.78, 5) is 28.3. The minimum Gasteiger partial charge on any atom is -0.462 e. The van der Waals surface area contributed by atoms with Crippen molar-refractivity contribution in [1.82, 2.24) is 10.3 Å². The van der Waals surface area contributed by atoms with Crippen molar-refractivity contribution in [2.24, 2.45) is 0 Å². The maximum Gasteiger partial charge on any atom is 0.338 e. The Morgan fingerprint density at radius 1 is 0.931 bits per heavy atom. The fourth-order valence-electron chi connectivity index (χ4n) is 2.64. The van der Waals surface area contributed by atoms with E-state index in [4.69, 9.17) is 4.74 Å². The predicted octanol–water partition coefficient (Wildman–Crippen LogP) is 4.24. The maximum atomic E-state index is 12.3. The molecule has 2 aromatic carbocycles. The number of amides is 1. The summed E-state index contributed by atoms with van der Waals surface area (Å²) >= 11 is 0. The minimum absolute atomic E-state index is 0.177. The van der Waals surface area contributed by atoms with Gasteiger partial charge in [0.05, 0.1) is 17.7 Å². The van der Waals surface area contributed by atoms with E-state index in [1.807, 2.05) is 31.2 Å². The first-order chi connectivity index (χ1) is 14.0. The second kappa shape index (κ2) is 9.50. The highest BCUT2D eigenvalue weighted by Crippen LogP contribution is 2.16. The van der Waals surface area contributed by atoms with E-state index in [0.717, 1.165) is 11.3 Å². The zero-order valence-electron chi connectivity index (χ0n) is 16.4. The van der Waals surface area contributed by atoms with Crippen LogP contribution in [0.25, 0.3) is 0 Å². The SMILES string of the molecule is CCOC(=O)c1ccc(Nc2ccc(C(=O)NCc3ccc(C)cc3)cn2)cc1. The first-order valence-electron chi connectivity index (χ1n) is 9.39. The average Bonchev–Trinajstić information content (AvgIpc) is 2.74. The molecule has 6 heteroatoms. The third-order valence-electron chi connectivity index (χ3n) is 4.27. The zero-order valence-corrected chi connectivity index (χ0v) is 16.4. The number of pyridine rings is 1. The number of carbonyl (C=O) groups excluding carboxylic acids is 2. The Bertz CT molecular complexity index is 966. The van der Waals surface area contributed by atoms with Crippen LogP contribution in [-0.4, -0.2) is 23.5 Å². The quantitative estimate of drug-likeness (QED) is 0.591. The highest BCUT2D eigenvalue weighted by atomic mass is 16.5. The number of aromatic nitrogens is 1. The van der Waals surface area contributed by atoms with Gasteiger partial charge in [0.2, 0.25) is 0 Å². The van der Waals surface area contributed by atoms with Crippen molar-refractivity contribution < 1.29 is 14.3 Å². The van der Waals surface area contributed by atoms with Gasteiger partial charge in [-0.05, 0) is 55.8 Å². The molecule has 6 nitrogen and oxygen atoms in total. The second-order valence-electron chi connectivity index (χ2n) is 6.52. The van der Waals surface area contributed by atoms with Crippen LogP contribution in [0.15, 0.2) is 66.9 Å². The van der Waals surface area contributed by atoms with Gasteiger partial charge in [-0.2, -0.15) is 0 Å². The predicted molar refractivity (Wildman–Crippen MR) is 112 cm³/mol. The smallest absolute Gasteiger partial charge is 0.338 e. The van der Waals surface area contributed by atoms with Gasteiger partial charge in [-0.3, -0.25) is 4.79 Å². The van der Waals surface area contributed by atoms with Gasteiger partial charge in [-0.1, -0.05) is 29.8 Å². The van der Waals surface area contributed by atoms with E-state index in [2.05, 4.69) is 15.6 Å². The summed E-state index contributed by atoms with van der Waals surface area (Å²) in [7, 11) is 0. The lowest BCUT2D eigenvalue weighted by atomic mass is 10.1. The van der Waals surface area contributed by atoms with Gasteiger partial charge in [-0.25, -0.2) is 9.78 Å². The molecule has 3 rings (SSSR count). The van der Waals surface area contributed by atoms with Crippen molar-refractivity contribution in [2.45, 2.75) is 20.4 Å². The molecule has 1 aromatic heterocycles. The van der Waals surface area contributed by atoms with E-state index in [1.165, 1.54) is 11.8 Å². The Balaban J connectivity index is 1.56. The summed E-state index contributed by atoms with van der Waals surface area (Å²) in [5.41, 5.74) is 3.98. The van der Waals surface area contributed by atoms with Crippen molar-refractivity contribution in [3.05, 3.63) is 89.1 Å². The van der Waals surface area contributed by atoms with Crippen LogP contribution in [0, 0.1) is 6.92 Å². The Morgan fingerprint density at radius 3 is 2.24 bits per heavy atom. The number of hydrogen-bond donors (Lipinski definition) is 2. The number of anilines is 2. The average molecular weight is 389 g/mol. The molecule has 0 saturated carbocycles. The van der Waals surface area contributed by atoms with Gasteiger partial charge in [0, 0.05) is 18.4 Å². The van der Waals surface area contributed by atoms with E-state index in [0.29, 0.717) is 30.1 Å². The number of nitrogens with one attached hydrogen (secondary N) is 2. The van der Waals surface area contributed by atoms with Gasteiger partial charge >= 0.3 is 5.97 Å². The Labute approximate surface area is 169 Å². The number of benzene rings is 2. The molecule has 1 amide bonds. The van der Waals surface area contributed by atoms with E-state index in [9.17, 15) is 9.59 Å². The lowest BCUT2D eigenvalue weighted by Gasteiger charge is -2.08. The Hall–Kier alpha value is -3.67. The monoisotopic (exact) mass is 389 g/mol. The van der Waals surface area contributed by atoms with Crippen molar-refractivity contribution in [2.75, 3.05) is 11.9 Å². The molecule has 3 aromatic rings. The van der Waals surface area contributed by atoms with Gasteiger partial charge in [0.25, 0.3) is 5.91 Å². The molecule has 0 aliphatic heterocycles. The summed E-state index contributed by atoms with van der Waals surface area (Å²) < 4.78 is 4.97. The number of ether oxygens (including phenoxy) is 1. The largest absolute Gasteiger partial charge is 0.462 e. The normalized spacial score (nSPS) is 10.3. The molecular formula is C23H23N3O3. The highest BCUT2D eigenvalue weighted by molar-refractivity contribution is 5.94. The molecule has 0 fully saturated rings. The van der Waals surface area contributed by atoms with Crippen molar-refractivity contribution in [3.8, 4) is 0 Å². The van der Waals surface area contributed by atoms with Crippen molar-refractivity contribution >= 4 is 23.4 Å². The van der Waals surface area contributed by atoms with E-state index < -0.39 is 0 Å². The molecule has 0 bridgehead atoms. The summed E-state index contributed by atoms with van der Waals surface area (Å²) in [5.74, 6) is 0.0746. The van der Waals surface area contributed by atoms with Crippen LogP contribution in [0.3, 0.4) is 0 Å². The molecule has 0 aliphatic carbocycles. The van der Waals surface area contributed by atoms with Crippen LogP contribution in [0.1, 0.15) is 38.8 Å². The molecule has 2 N–H and O–H groups in total. The molecule has 0 radical (unpaired) electrons. The van der Waals surface area contributed by atoms with E-state index in [1.54, 1.807) is 43.3 Å². The molecule has 0 aliphatic rings. The molecule has 0 saturated heterocycles. The van der Waals surface area contributed by atoms with Crippen molar-refractivity contribution in [1.29, 1.82) is 0 Å². The van der Waals surface area contributed by atoms with Gasteiger partial charge in [0.1, 0.15) is 5.82 Å². The first-order valence-corrected chi connectivity index (χ1v) is 9.39. The van der Waals surface area contributed by atoms with E-state index in [-0.39, 0.29) is 11.9 Å². The number of carbonyl (C=O) groups is 2. The van der Waals surface area contributed by atoms with Crippen molar-refractivity contribution in [3.63, 3.8) is 0 Å². The fourth-order valence-corrected chi connectivity index (χ4v) is 2.64. The molecular weight excluding hydrogens is 366 g/mol. The van der Waals surface area contributed by atoms with Gasteiger partial charge < -0.3 is 15.4 Å². The summed E-state index contributed by atoms with van der Waals surface area (Å²) in [6, 6.07) is 18.4. The number of rotatable bonds is 7. The second-order valence-corrected chi connectivity index (χ2v) is 6.52. The van der Waals surface area contributed by atoms with Gasteiger partial charge in [-0.15, -0.1) is 0 Å². The third kappa shape index (κ3) is 5.65. The molecule has 29 heavy (non-hydrogen) atoms. The number of nitrogens with zero attached hydrogens (tertiary/aromatic N) is 1. The third-order valence-corrected chi connectivity index (χ3v) is 4.27. The van der Waals surface area contributed by atoms with Crippen LogP contribution in [0.2, 0.25) is 0 Å². The number of esters is 1. The topological polar surface area (TPSA) is 80.3 Å². The summed E-state index contributed by atoms with van der Waals surface area (Å²) in [6.07, 6.45) is 1.53. The lowest BCUT2D eigenvalue weighted by molar-refractivity contribution is 0.0526. The summed E-state index contributed by atoms with van der Waals surface area (Å²) in [6.45, 7) is 4.60. The Kier molecular flexibility index (Phi) is 6.58. The molecule has 0 spiro atoms. The van der Waals surface area contributed by atoms with E-state index >= 15 is 0 Å². The minimum atomic E-state index is -0.349. The Morgan fingerprint density at radius 2 is 1.62 bits per heavy atom. The van der Waals surface area contributed by atoms with Crippen LogP contribution in [0.5, 0.6) is 0 Å². The lowest BCUT2D eigenvalue weighted by Crippen LogP contribution is -2.22. The van der Waals surface area contributed by atoms with Crippen LogP contribution >= 0.6 is 0 Å². The van der Waals surface area contributed by atoms with Crippen LogP contribution in [-0.2, 0) is 11.3 Å². The summed E-state index contributed by atoms with van der Waals surface area (Å²) in [5, 5.41) is 6.02. The van der Waals surface area contributed by atoms with Gasteiger partial charge in [0.15, 0.2) is 0 Å².